The number of nitrogens with zero attached hydrogens (tertiary/aromatic N) is 1. The number of aliphatic carboxylic acids is 1. The molecule has 0 bridgehead atoms. The van der Waals surface area contributed by atoms with Crippen LogP contribution >= 0.6 is 0 Å². The molecule has 0 saturated carbocycles. The lowest BCUT2D eigenvalue weighted by molar-refractivity contribution is -0.138. The lowest BCUT2D eigenvalue weighted by atomic mass is 10.1. The molecule has 1 heterocycles. The van der Waals surface area contributed by atoms with Crippen molar-refractivity contribution in [2.45, 2.75) is 20.4 Å². The van der Waals surface area contributed by atoms with Gasteiger partial charge in [-0.1, -0.05) is 32.0 Å². The first kappa shape index (κ1) is 13.6. The fourth-order valence-electron chi connectivity index (χ4n) is 2.29. The van der Waals surface area contributed by atoms with Gasteiger partial charge in [-0.15, -0.1) is 0 Å². The highest BCUT2D eigenvalue weighted by Crippen LogP contribution is 2.22. The van der Waals surface area contributed by atoms with Gasteiger partial charge >= 0.3 is 5.97 Å². The fourth-order valence-corrected chi connectivity index (χ4v) is 2.29. The Hall–Kier alpha value is -1.81. The summed E-state index contributed by atoms with van der Waals surface area (Å²) in [4.78, 5) is 12.9. The second-order valence-electron chi connectivity index (χ2n) is 5.21. The molecule has 102 valence electrons. The van der Waals surface area contributed by atoms with E-state index in [9.17, 15) is 4.79 Å². The van der Waals surface area contributed by atoms with E-state index in [2.05, 4.69) is 13.8 Å². The first-order valence-electron chi connectivity index (χ1n) is 6.45. The van der Waals surface area contributed by atoms with E-state index < -0.39 is 5.97 Å². The normalized spacial score (nSPS) is 11.6. The predicted octanol–water partition coefficient (Wildman–Crippen LogP) is 2.98. The van der Waals surface area contributed by atoms with Crippen LogP contribution in [0.3, 0.4) is 0 Å². The minimum Gasteiger partial charge on any atom is -0.480 e. The Bertz CT molecular complexity index is 559. The molecule has 1 N–H and O–H groups in total. The van der Waals surface area contributed by atoms with E-state index in [1.54, 1.807) is 6.26 Å². The standard InChI is InChI=1S/C15H19NO3/c1-11(2)7-16(9-15(17)18)8-12-10-19-14-6-4-3-5-13(12)14/h3-6,10-11H,7-9H2,1-2H3,(H,17,18). The van der Waals surface area contributed by atoms with Crippen LogP contribution in [0.4, 0.5) is 0 Å². The SMILES string of the molecule is CC(C)CN(CC(=O)O)Cc1coc2ccccc12. The molecular formula is C15H19NO3. The molecule has 0 unspecified atom stereocenters. The molecule has 1 aromatic carbocycles. The molecule has 0 aliphatic heterocycles. The number of carbonyl (C=O) groups is 1. The summed E-state index contributed by atoms with van der Waals surface area (Å²) < 4.78 is 5.49. The van der Waals surface area contributed by atoms with Crippen LogP contribution in [0.5, 0.6) is 0 Å². The van der Waals surface area contributed by atoms with Gasteiger partial charge in [-0.2, -0.15) is 0 Å². The summed E-state index contributed by atoms with van der Waals surface area (Å²) in [6.45, 7) is 5.58. The second-order valence-corrected chi connectivity index (χ2v) is 5.21. The zero-order chi connectivity index (χ0) is 13.8. The molecule has 1 aromatic heterocycles. The Morgan fingerprint density at radius 1 is 1.37 bits per heavy atom. The summed E-state index contributed by atoms with van der Waals surface area (Å²) in [5, 5.41) is 10.0. The summed E-state index contributed by atoms with van der Waals surface area (Å²) in [7, 11) is 0. The molecule has 0 aliphatic rings. The number of carboxylic acids is 1. The van der Waals surface area contributed by atoms with Gasteiger partial charge in [0.15, 0.2) is 0 Å². The predicted molar refractivity (Wildman–Crippen MR) is 74.0 cm³/mol. The lowest BCUT2D eigenvalue weighted by Gasteiger charge is -2.21. The monoisotopic (exact) mass is 261 g/mol. The van der Waals surface area contributed by atoms with Crippen molar-refractivity contribution < 1.29 is 14.3 Å². The summed E-state index contributed by atoms with van der Waals surface area (Å²) in [5.74, 6) is -0.369. The number of para-hydroxylation sites is 1. The third-order valence-corrected chi connectivity index (χ3v) is 2.94. The van der Waals surface area contributed by atoms with E-state index in [0.717, 1.165) is 23.1 Å². The van der Waals surface area contributed by atoms with Crippen LogP contribution in [0.25, 0.3) is 11.0 Å². The Kier molecular flexibility index (Phi) is 4.22. The number of benzene rings is 1. The van der Waals surface area contributed by atoms with Gasteiger partial charge in [0.25, 0.3) is 0 Å². The smallest absolute Gasteiger partial charge is 0.317 e. The molecule has 4 nitrogen and oxygen atoms in total. The van der Waals surface area contributed by atoms with E-state index in [-0.39, 0.29) is 6.54 Å². The van der Waals surface area contributed by atoms with E-state index in [4.69, 9.17) is 9.52 Å². The Morgan fingerprint density at radius 2 is 2.11 bits per heavy atom. The van der Waals surface area contributed by atoms with Gasteiger partial charge in [0.1, 0.15) is 5.58 Å². The Morgan fingerprint density at radius 3 is 2.79 bits per heavy atom. The highest BCUT2D eigenvalue weighted by atomic mass is 16.4. The average molecular weight is 261 g/mol. The number of hydrogen-bond donors (Lipinski definition) is 1. The van der Waals surface area contributed by atoms with Gasteiger partial charge in [0, 0.05) is 24.0 Å². The zero-order valence-corrected chi connectivity index (χ0v) is 11.3. The molecule has 0 atom stereocenters. The number of furan rings is 1. The van der Waals surface area contributed by atoms with Crippen molar-refractivity contribution in [3.05, 3.63) is 36.1 Å². The molecule has 0 saturated heterocycles. The third kappa shape index (κ3) is 3.58. The largest absolute Gasteiger partial charge is 0.480 e. The molecule has 4 heteroatoms. The van der Waals surface area contributed by atoms with Gasteiger partial charge in [-0.25, -0.2) is 0 Å². The van der Waals surface area contributed by atoms with Crippen LogP contribution in [0, 0.1) is 5.92 Å². The van der Waals surface area contributed by atoms with Crippen LogP contribution in [-0.4, -0.2) is 29.1 Å². The maximum atomic E-state index is 10.9. The van der Waals surface area contributed by atoms with E-state index >= 15 is 0 Å². The van der Waals surface area contributed by atoms with E-state index in [1.807, 2.05) is 29.2 Å². The van der Waals surface area contributed by atoms with E-state index in [1.165, 1.54) is 0 Å². The first-order chi connectivity index (χ1) is 9.06. The maximum absolute atomic E-state index is 10.9. The number of hydrogen-bond acceptors (Lipinski definition) is 3. The summed E-state index contributed by atoms with van der Waals surface area (Å²) in [6, 6.07) is 7.81. The third-order valence-electron chi connectivity index (χ3n) is 2.94. The summed E-state index contributed by atoms with van der Waals surface area (Å²) in [5.41, 5.74) is 1.88. The number of rotatable bonds is 6. The van der Waals surface area contributed by atoms with Gasteiger partial charge in [0.05, 0.1) is 12.8 Å². The minimum atomic E-state index is -0.798. The van der Waals surface area contributed by atoms with Crippen molar-refractivity contribution in [2.24, 2.45) is 5.92 Å². The Balaban J connectivity index is 2.18. The maximum Gasteiger partial charge on any atom is 0.317 e. The lowest BCUT2D eigenvalue weighted by Crippen LogP contribution is -2.32. The molecule has 0 spiro atoms. The van der Waals surface area contributed by atoms with Crippen molar-refractivity contribution in [1.82, 2.24) is 4.90 Å². The minimum absolute atomic E-state index is 0.0533. The summed E-state index contributed by atoms with van der Waals surface area (Å²) >= 11 is 0. The fraction of sp³-hybridized carbons (Fsp3) is 0.400. The highest BCUT2D eigenvalue weighted by molar-refractivity contribution is 5.80. The summed E-state index contributed by atoms with van der Waals surface area (Å²) in [6.07, 6.45) is 1.72. The van der Waals surface area contributed by atoms with Gasteiger partial charge < -0.3 is 9.52 Å². The first-order valence-corrected chi connectivity index (χ1v) is 6.45. The average Bonchev–Trinajstić information content (AvgIpc) is 2.71. The van der Waals surface area contributed by atoms with Crippen LogP contribution < -0.4 is 0 Å². The molecule has 0 aliphatic carbocycles. The van der Waals surface area contributed by atoms with Crippen LogP contribution in [0.15, 0.2) is 34.9 Å². The molecular weight excluding hydrogens is 242 g/mol. The molecule has 0 amide bonds. The molecule has 2 rings (SSSR count). The van der Waals surface area contributed by atoms with Crippen LogP contribution in [0.2, 0.25) is 0 Å². The number of fused-ring (bicyclic) bond motifs is 1. The van der Waals surface area contributed by atoms with E-state index in [0.29, 0.717) is 12.5 Å². The van der Waals surface area contributed by atoms with Crippen molar-refractivity contribution in [3.8, 4) is 0 Å². The van der Waals surface area contributed by atoms with Gasteiger partial charge in [0.2, 0.25) is 0 Å². The Labute approximate surface area is 112 Å². The van der Waals surface area contributed by atoms with Crippen LogP contribution in [0.1, 0.15) is 19.4 Å². The topological polar surface area (TPSA) is 53.7 Å². The molecule has 0 radical (unpaired) electrons. The van der Waals surface area contributed by atoms with Gasteiger partial charge in [-0.3, -0.25) is 9.69 Å². The highest BCUT2D eigenvalue weighted by Gasteiger charge is 2.14. The van der Waals surface area contributed by atoms with Crippen LogP contribution in [-0.2, 0) is 11.3 Å². The number of carboxylic acid groups (broad SMARTS) is 1. The molecule has 19 heavy (non-hydrogen) atoms. The second kappa shape index (κ2) is 5.89. The zero-order valence-electron chi connectivity index (χ0n) is 11.3. The van der Waals surface area contributed by atoms with Gasteiger partial charge in [-0.05, 0) is 12.0 Å². The van der Waals surface area contributed by atoms with Crippen molar-refractivity contribution in [2.75, 3.05) is 13.1 Å². The van der Waals surface area contributed by atoms with Crippen molar-refractivity contribution >= 4 is 16.9 Å². The molecule has 2 aromatic rings. The quantitative estimate of drug-likeness (QED) is 0.868. The van der Waals surface area contributed by atoms with Crippen molar-refractivity contribution in [1.29, 1.82) is 0 Å². The van der Waals surface area contributed by atoms with Crippen molar-refractivity contribution in [3.63, 3.8) is 0 Å². The molecule has 0 fully saturated rings.